The molecule has 3 unspecified atom stereocenters. The lowest BCUT2D eigenvalue weighted by Crippen LogP contribution is -2.58. The lowest BCUT2D eigenvalue weighted by Gasteiger charge is -2.42. The Morgan fingerprint density at radius 1 is 1.24 bits per heavy atom. The Kier molecular flexibility index (Phi) is 5.45. The van der Waals surface area contributed by atoms with E-state index in [1.165, 1.54) is 0 Å². The van der Waals surface area contributed by atoms with Crippen LogP contribution in [0, 0.1) is 0 Å². The first-order chi connectivity index (χ1) is 10.0. The normalized spacial score (nSPS) is 30.9. The molecule has 6 heteroatoms. The van der Waals surface area contributed by atoms with Gasteiger partial charge in [-0.1, -0.05) is 19.8 Å². The number of hydrogen-bond donors (Lipinski definition) is 1. The van der Waals surface area contributed by atoms with E-state index in [-0.39, 0.29) is 18.2 Å². The van der Waals surface area contributed by atoms with Gasteiger partial charge in [-0.05, 0) is 26.2 Å². The highest BCUT2D eigenvalue weighted by Gasteiger charge is 2.37. The molecular weight excluding hydrogens is 272 g/mol. The molecule has 2 saturated heterocycles. The Morgan fingerprint density at radius 2 is 2.00 bits per heavy atom. The molecule has 2 amide bonds. The second-order valence-electron chi connectivity index (χ2n) is 6.04. The third-order valence-electron chi connectivity index (χ3n) is 4.47. The van der Waals surface area contributed by atoms with Gasteiger partial charge in [0, 0.05) is 13.1 Å². The van der Waals surface area contributed by atoms with Gasteiger partial charge in [0.25, 0.3) is 0 Å². The first kappa shape index (κ1) is 16.1. The van der Waals surface area contributed by atoms with Crippen LogP contribution >= 0.6 is 0 Å². The molecule has 0 aliphatic carbocycles. The summed E-state index contributed by atoms with van der Waals surface area (Å²) in [6.07, 6.45) is 4.13. The monoisotopic (exact) mass is 298 g/mol. The zero-order chi connectivity index (χ0) is 15.4. The molecule has 2 heterocycles. The highest BCUT2D eigenvalue weighted by Crippen LogP contribution is 2.22. The Bertz CT molecular complexity index is 388. The fraction of sp³-hybridized carbons (Fsp3) is 0.867. The van der Waals surface area contributed by atoms with Crippen LogP contribution in [0.15, 0.2) is 0 Å². The zero-order valence-electron chi connectivity index (χ0n) is 13.0. The zero-order valence-corrected chi connectivity index (χ0v) is 13.0. The molecule has 2 fully saturated rings. The summed E-state index contributed by atoms with van der Waals surface area (Å²) in [5.74, 6) is -0.889. The first-order valence-corrected chi connectivity index (χ1v) is 7.96. The van der Waals surface area contributed by atoms with E-state index in [9.17, 15) is 14.7 Å². The van der Waals surface area contributed by atoms with Crippen molar-refractivity contribution in [3.8, 4) is 0 Å². The van der Waals surface area contributed by atoms with Crippen molar-refractivity contribution in [2.75, 3.05) is 19.7 Å². The number of likely N-dealkylation sites (tertiary alicyclic amines) is 1. The van der Waals surface area contributed by atoms with Crippen LogP contribution in [0.4, 0.5) is 4.79 Å². The summed E-state index contributed by atoms with van der Waals surface area (Å²) >= 11 is 0. The van der Waals surface area contributed by atoms with Crippen LogP contribution in [0.5, 0.6) is 0 Å². The molecule has 3 atom stereocenters. The second kappa shape index (κ2) is 7.11. The molecule has 0 bridgehead atoms. The van der Waals surface area contributed by atoms with E-state index in [1.54, 1.807) is 4.90 Å². The Labute approximate surface area is 126 Å². The molecule has 0 saturated carbocycles. The van der Waals surface area contributed by atoms with Crippen molar-refractivity contribution in [1.82, 2.24) is 9.80 Å². The largest absolute Gasteiger partial charge is 0.480 e. The maximum atomic E-state index is 12.9. The number of ether oxygens (including phenoxy) is 1. The summed E-state index contributed by atoms with van der Waals surface area (Å²) < 4.78 is 5.62. The number of rotatable bonds is 2. The van der Waals surface area contributed by atoms with Crippen LogP contribution < -0.4 is 0 Å². The van der Waals surface area contributed by atoms with Gasteiger partial charge in [-0.25, -0.2) is 9.59 Å². The van der Waals surface area contributed by atoms with E-state index in [0.29, 0.717) is 26.1 Å². The van der Waals surface area contributed by atoms with E-state index in [2.05, 4.69) is 0 Å². The molecule has 0 aromatic rings. The molecule has 0 aromatic heterocycles. The number of aliphatic carboxylic acids is 1. The minimum absolute atomic E-state index is 0.00649. The number of carboxylic acids is 1. The van der Waals surface area contributed by atoms with E-state index >= 15 is 0 Å². The van der Waals surface area contributed by atoms with Crippen LogP contribution in [0.2, 0.25) is 0 Å². The Morgan fingerprint density at radius 3 is 2.67 bits per heavy atom. The standard InChI is InChI=1S/C15H26N2O4/c1-3-12-10-21-11(2)9-17(12)15(20)16-8-6-4-5-7-13(16)14(18)19/h11-13H,3-10H2,1-2H3,(H,18,19). The fourth-order valence-electron chi connectivity index (χ4n) is 3.18. The van der Waals surface area contributed by atoms with Crippen LogP contribution in [0.1, 0.15) is 46.0 Å². The number of carbonyl (C=O) groups is 2. The van der Waals surface area contributed by atoms with Crippen molar-refractivity contribution >= 4 is 12.0 Å². The predicted octanol–water partition coefficient (Wildman–Crippen LogP) is 1.93. The highest BCUT2D eigenvalue weighted by atomic mass is 16.5. The first-order valence-electron chi connectivity index (χ1n) is 7.96. The summed E-state index contributed by atoms with van der Waals surface area (Å²) in [5, 5.41) is 9.42. The SMILES string of the molecule is CCC1COC(C)CN1C(=O)N1CCCCCC1C(=O)O. The number of carboxylic acid groups (broad SMARTS) is 1. The molecule has 0 radical (unpaired) electrons. The summed E-state index contributed by atoms with van der Waals surface area (Å²) in [6, 6.07) is -0.770. The van der Waals surface area contributed by atoms with E-state index < -0.39 is 12.0 Å². The van der Waals surface area contributed by atoms with Crippen LogP contribution in [0.25, 0.3) is 0 Å². The number of urea groups is 1. The molecule has 2 rings (SSSR count). The van der Waals surface area contributed by atoms with Gasteiger partial charge in [0.2, 0.25) is 0 Å². The number of nitrogens with zero attached hydrogens (tertiary/aromatic N) is 2. The average molecular weight is 298 g/mol. The molecule has 120 valence electrons. The maximum absolute atomic E-state index is 12.9. The summed E-state index contributed by atoms with van der Waals surface area (Å²) in [7, 11) is 0. The van der Waals surface area contributed by atoms with Crippen molar-refractivity contribution in [1.29, 1.82) is 0 Å². The van der Waals surface area contributed by atoms with Gasteiger partial charge >= 0.3 is 12.0 Å². The third-order valence-corrected chi connectivity index (χ3v) is 4.47. The van der Waals surface area contributed by atoms with Gasteiger partial charge in [-0.15, -0.1) is 0 Å². The molecule has 0 aromatic carbocycles. The van der Waals surface area contributed by atoms with Gasteiger partial charge in [0.05, 0.1) is 18.8 Å². The highest BCUT2D eigenvalue weighted by molar-refractivity contribution is 5.83. The predicted molar refractivity (Wildman–Crippen MR) is 78.2 cm³/mol. The van der Waals surface area contributed by atoms with Gasteiger partial charge in [0.1, 0.15) is 6.04 Å². The van der Waals surface area contributed by atoms with E-state index in [4.69, 9.17) is 4.74 Å². The fourth-order valence-corrected chi connectivity index (χ4v) is 3.18. The molecule has 2 aliphatic rings. The van der Waals surface area contributed by atoms with Crippen LogP contribution in [-0.2, 0) is 9.53 Å². The van der Waals surface area contributed by atoms with E-state index in [0.717, 1.165) is 25.7 Å². The van der Waals surface area contributed by atoms with E-state index in [1.807, 2.05) is 18.7 Å². The summed E-state index contributed by atoms with van der Waals surface area (Å²) in [4.78, 5) is 27.7. The number of morpholine rings is 1. The Hall–Kier alpha value is -1.30. The van der Waals surface area contributed by atoms with Gasteiger partial charge in [-0.3, -0.25) is 0 Å². The lowest BCUT2D eigenvalue weighted by molar-refractivity contribution is -0.142. The molecule has 2 aliphatic heterocycles. The number of hydrogen-bond acceptors (Lipinski definition) is 3. The van der Waals surface area contributed by atoms with Crippen molar-refractivity contribution in [2.45, 2.75) is 64.1 Å². The minimum atomic E-state index is -0.889. The molecule has 1 N–H and O–H groups in total. The van der Waals surface area contributed by atoms with Gasteiger partial charge < -0.3 is 19.6 Å². The molecule has 21 heavy (non-hydrogen) atoms. The second-order valence-corrected chi connectivity index (χ2v) is 6.04. The molecular formula is C15H26N2O4. The van der Waals surface area contributed by atoms with Crippen molar-refractivity contribution < 1.29 is 19.4 Å². The minimum Gasteiger partial charge on any atom is -0.480 e. The van der Waals surface area contributed by atoms with Crippen molar-refractivity contribution in [2.24, 2.45) is 0 Å². The molecule has 6 nitrogen and oxygen atoms in total. The van der Waals surface area contributed by atoms with Gasteiger partial charge in [0.15, 0.2) is 0 Å². The summed E-state index contributed by atoms with van der Waals surface area (Å²) in [5.41, 5.74) is 0. The topological polar surface area (TPSA) is 70.1 Å². The van der Waals surface area contributed by atoms with Gasteiger partial charge in [-0.2, -0.15) is 0 Å². The van der Waals surface area contributed by atoms with Crippen molar-refractivity contribution in [3.05, 3.63) is 0 Å². The number of amides is 2. The van der Waals surface area contributed by atoms with Crippen LogP contribution in [-0.4, -0.2) is 64.8 Å². The Balaban J connectivity index is 2.15. The molecule has 0 spiro atoms. The average Bonchev–Trinajstić information content (AvgIpc) is 2.72. The van der Waals surface area contributed by atoms with Crippen molar-refractivity contribution in [3.63, 3.8) is 0 Å². The smallest absolute Gasteiger partial charge is 0.326 e. The third kappa shape index (κ3) is 3.67. The lowest BCUT2D eigenvalue weighted by atomic mass is 10.1. The van der Waals surface area contributed by atoms with Crippen LogP contribution in [0.3, 0.4) is 0 Å². The quantitative estimate of drug-likeness (QED) is 0.845. The summed E-state index contributed by atoms with van der Waals surface area (Å²) in [6.45, 7) is 5.60. The number of carbonyl (C=O) groups excluding carboxylic acids is 1. The maximum Gasteiger partial charge on any atom is 0.326 e.